The first-order valence-electron chi connectivity index (χ1n) is 4.96. The Balaban J connectivity index is 2.43. The zero-order chi connectivity index (χ0) is 12.3. The maximum atomic E-state index is 9.01. The molecule has 5 heteroatoms. The van der Waals surface area contributed by atoms with E-state index in [2.05, 4.69) is 9.97 Å². The largest absolute Gasteiger partial charge is 0.368 e. The monoisotopic (exact) mass is 244 g/mol. The fourth-order valence-electron chi connectivity index (χ4n) is 1.52. The molecule has 2 rings (SSSR count). The highest BCUT2D eigenvalue weighted by atomic mass is 35.5. The molecule has 0 saturated heterocycles. The molecular weight excluding hydrogens is 236 g/mol. The highest BCUT2D eigenvalue weighted by Gasteiger charge is 2.11. The van der Waals surface area contributed by atoms with Gasteiger partial charge in [-0.15, -0.1) is 0 Å². The standard InChI is InChI=1S/C12H9ClN4/c13-11-9(7-14)10(16-12(15)17-11)6-8-4-2-1-3-5-8/h1-5H,6H2,(H2,15,16,17). The van der Waals surface area contributed by atoms with Crippen molar-refractivity contribution in [2.75, 3.05) is 5.73 Å². The number of halogens is 1. The Morgan fingerprint density at radius 1 is 1.24 bits per heavy atom. The molecule has 0 aliphatic rings. The molecule has 0 aliphatic heterocycles. The molecule has 84 valence electrons. The summed E-state index contributed by atoms with van der Waals surface area (Å²) >= 11 is 5.85. The SMILES string of the molecule is N#Cc1c(Cl)nc(N)nc1Cc1ccccc1. The minimum atomic E-state index is 0.0833. The van der Waals surface area contributed by atoms with Crippen LogP contribution in [0.4, 0.5) is 5.95 Å². The van der Waals surface area contributed by atoms with E-state index in [1.54, 1.807) is 0 Å². The van der Waals surface area contributed by atoms with Gasteiger partial charge in [0.25, 0.3) is 0 Å². The highest BCUT2D eigenvalue weighted by molar-refractivity contribution is 6.30. The average molecular weight is 245 g/mol. The van der Waals surface area contributed by atoms with Gasteiger partial charge in [0.05, 0.1) is 5.69 Å². The van der Waals surface area contributed by atoms with Crippen LogP contribution in [0.25, 0.3) is 0 Å². The zero-order valence-electron chi connectivity index (χ0n) is 8.89. The van der Waals surface area contributed by atoms with Crippen LogP contribution in [0.15, 0.2) is 30.3 Å². The summed E-state index contributed by atoms with van der Waals surface area (Å²) in [6.45, 7) is 0. The Hall–Kier alpha value is -2.12. The number of benzene rings is 1. The summed E-state index contributed by atoms with van der Waals surface area (Å²) in [5.74, 6) is 0.0833. The second-order valence-electron chi connectivity index (χ2n) is 3.47. The second kappa shape index (κ2) is 4.81. The van der Waals surface area contributed by atoms with E-state index >= 15 is 0 Å². The molecule has 1 heterocycles. The van der Waals surface area contributed by atoms with Crippen molar-refractivity contribution in [3.05, 3.63) is 52.3 Å². The molecule has 2 N–H and O–H groups in total. The van der Waals surface area contributed by atoms with Crippen LogP contribution in [-0.4, -0.2) is 9.97 Å². The first kappa shape index (κ1) is 11.4. The normalized spacial score (nSPS) is 9.88. The van der Waals surface area contributed by atoms with E-state index in [4.69, 9.17) is 22.6 Å². The summed E-state index contributed by atoms with van der Waals surface area (Å²) < 4.78 is 0. The van der Waals surface area contributed by atoms with Gasteiger partial charge in [0, 0.05) is 6.42 Å². The van der Waals surface area contributed by atoms with Crippen molar-refractivity contribution in [3.8, 4) is 6.07 Å². The smallest absolute Gasteiger partial charge is 0.221 e. The molecule has 0 unspecified atom stereocenters. The minimum Gasteiger partial charge on any atom is -0.368 e. The van der Waals surface area contributed by atoms with Crippen molar-refractivity contribution in [2.45, 2.75) is 6.42 Å². The molecule has 1 aromatic heterocycles. The molecule has 1 aromatic carbocycles. The van der Waals surface area contributed by atoms with Gasteiger partial charge in [0.15, 0.2) is 5.15 Å². The van der Waals surface area contributed by atoms with Crippen LogP contribution in [0, 0.1) is 11.3 Å². The molecule has 0 atom stereocenters. The Morgan fingerprint density at radius 2 is 1.94 bits per heavy atom. The van der Waals surface area contributed by atoms with Crippen molar-refractivity contribution < 1.29 is 0 Å². The number of nitrogens with two attached hydrogens (primary N) is 1. The van der Waals surface area contributed by atoms with Crippen molar-refractivity contribution in [1.29, 1.82) is 5.26 Å². The summed E-state index contributed by atoms with van der Waals surface area (Å²) in [6, 6.07) is 11.7. The summed E-state index contributed by atoms with van der Waals surface area (Å²) in [5, 5.41) is 9.12. The van der Waals surface area contributed by atoms with Crippen LogP contribution in [0.5, 0.6) is 0 Å². The third-order valence-corrected chi connectivity index (χ3v) is 2.56. The summed E-state index contributed by atoms with van der Waals surface area (Å²) in [7, 11) is 0. The van der Waals surface area contributed by atoms with E-state index in [1.165, 1.54) is 0 Å². The second-order valence-corrected chi connectivity index (χ2v) is 3.83. The molecule has 4 nitrogen and oxygen atoms in total. The number of rotatable bonds is 2. The summed E-state index contributed by atoms with van der Waals surface area (Å²) in [4.78, 5) is 7.82. The van der Waals surface area contributed by atoms with Gasteiger partial charge in [-0.2, -0.15) is 10.2 Å². The first-order chi connectivity index (χ1) is 8.20. The number of nitriles is 1. The lowest BCUT2D eigenvalue weighted by Gasteiger charge is -2.05. The van der Waals surface area contributed by atoms with Crippen molar-refractivity contribution in [2.24, 2.45) is 0 Å². The van der Waals surface area contributed by atoms with Crippen LogP contribution in [0.1, 0.15) is 16.8 Å². The predicted molar refractivity (Wildman–Crippen MR) is 65.4 cm³/mol. The lowest BCUT2D eigenvalue weighted by molar-refractivity contribution is 1.03. The predicted octanol–water partition coefficient (Wildman–Crippen LogP) is 2.17. The Morgan fingerprint density at radius 3 is 2.59 bits per heavy atom. The molecule has 0 amide bonds. The number of nitrogen functional groups attached to an aromatic ring is 1. The van der Waals surface area contributed by atoms with Gasteiger partial charge in [-0.25, -0.2) is 4.98 Å². The van der Waals surface area contributed by atoms with E-state index in [-0.39, 0.29) is 16.7 Å². The lowest BCUT2D eigenvalue weighted by atomic mass is 10.1. The van der Waals surface area contributed by atoms with Gasteiger partial charge in [0.1, 0.15) is 11.6 Å². The van der Waals surface area contributed by atoms with E-state index in [0.717, 1.165) is 5.56 Å². The molecule has 0 aliphatic carbocycles. The quantitative estimate of drug-likeness (QED) is 0.822. The topological polar surface area (TPSA) is 75.6 Å². The molecule has 0 bridgehead atoms. The Labute approximate surface area is 104 Å². The van der Waals surface area contributed by atoms with E-state index in [9.17, 15) is 0 Å². The number of nitrogens with zero attached hydrogens (tertiary/aromatic N) is 3. The Bertz CT molecular complexity index is 575. The summed E-state index contributed by atoms with van der Waals surface area (Å²) in [5.41, 5.74) is 7.39. The number of hydrogen-bond acceptors (Lipinski definition) is 4. The van der Waals surface area contributed by atoms with Gasteiger partial charge in [0.2, 0.25) is 5.95 Å². The number of hydrogen-bond donors (Lipinski definition) is 1. The highest BCUT2D eigenvalue weighted by Crippen LogP contribution is 2.19. The van der Waals surface area contributed by atoms with Crippen LogP contribution in [-0.2, 0) is 6.42 Å². The van der Waals surface area contributed by atoms with Gasteiger partial charge in [-0.3, -0.25) is 0 Å². The third-order valence-electron chi connectivity index (χ3n) is 2.28. The Kier molecular flexibility index (Phi) is 3.22. The summed E-state index contributed by atoms with van der Waals surface area (Å²) in [6.07, 6.45) is 0.510. The van der Waals surface area contributed by atoms with Crippen molar-refractivity contribution in [1.82, 2.24) is 9.97 Å². The van der Waals surface area contributed by atoms with Crippen LogP contribution in [0.3, 0.4) is 0 Å². The van der Waals surface area contributed by atoms with E-state index < -0.39 is 0 Å². The average Bonchev–Trinajstić information content (AvgIpc) is 2.30. The molecule has 17 heavy (non-hydrogen) atoms. The molecule has 0 fully saturated rings. The third kappa shape index (κ3) is 2.52. The maximum Gasteiger partial charge on any atom is 0.221 e. The molecule has 0 spiro atoms. The molecule has 0 radical (unpaired) electrons. The van der Waals surface area contributed by atoms with Gasteiger partial charge in [-0.1, -0.05) is 41.9 Å². The van der Waals surface area contributed by atoms with Crippen LogP contribution < -0.4 is 5.73 Å². The van der Waals surface area contributed by atoms with E-state index in [0.29, 0.717) is 12.1 Å². The van der Waals surface area contributed by atoms with Crippen LogP contribution >= 0.6 is 11.6 Å². The molecule has 0 saturated carbocycles. The first-order valence-corrected chi connectivity index (χ1v) is 5.34. The molecule has 2 aromatic rings. The number of anilines is 1. The van der Waals surface area contributed by atoms with Crippen molar-refractivity contribution in [3.63, 3.8) is 0 Å². The fraction of sp³-hybridized carbons (Fsp3) is 0.0833. The number of aromatic nitrogens is 2. The van der Waals surface area contributed by atoms with Gasteiger partial charge >= 0.3 is 0 Å². The molecular formula is C12H9ClN4. The maximum absolute atomic E-state index is 9.01. The van der Waals surface area contributed by atoms with Gasteiger partial charge in [-0.05, 0) is 5.56 Å². The van der Waals surface area contributed by atoms with Crippen molar-refractivity contribution >= 4 is 17.5 Å². The van der Waals surface area contributed by atoms with Gasteiger partial charge < -0.3 is 5.73 Å². The fourth-order valence-corrected chi connectivity index (χ4v) is 1.76. The van der Waals surface area contributed by atoms with Crippen LogP contribution in [0.2, 0.25) is 5.15 Å². The zero-order valence-corrected chi connectivity index (χ0v) is 9.65. The lowest BCUT2D eigenvalue weighted by Crippen LogP contribution is -2.04. The van der Waals surface area contributed by atoms with E-state index in [1.807, 2.05) is 36.4 Å². The minimum absolute atomic E-state index is 0.0833.